The van der Waals surface area contributed by atoms with Gasteiger partial charge in [0.15, 0.2) is 0 Å². The highest BCUT2D eigenvalue weighted by atomic mass is 14.9. The fourth-order valence-corrected chi connectivity index (χ4v) is 1.33. The summed E-state index contributed by atoms with van der Waals surface area (Å²) < 4.78 is 0. The molecule has 0 amide bonds. The predicted molar refractivity (Wildman–Crippen MR) is 64.9 cm³/mol. The molecule has 0 unspecified atom stereocenters. The Hall–Kier alpha value is -0.890. The van der Waals surface area contributed by atoms with E-state index in [-0.39, 0.29) is 0 Å². The number of nitrogens with one attached hydrogen (secondary N) is 1. The monoisotopic (exact) mass is 206 g/mol. The lowest BCUT2D eigenvalue weighted by molar-refractivity contribution is 0.329. The molecule has 0 aliphatic rings. The van der Waals surface area contributed by atoms with E-state index < -0.39 is 0 Å². The van der Waals surface area contributed by atoms with Crippen LogP contribution in [0.1, 0.15) is 32.8 Å². The molecule has 2 heteroatoms. The molecular weight excluding hydrogens is 184 g/mol. The molecule has 1 N–H and O–H groups in total. The summed E-state index contributed by atoms with van der Waals surface area (Å²) in [5.74, 6) is 0. The second-order valence-corrected chi connectivity index (χ2v) is 4.80. The molecule has 1 heterocycles. The van der Waals surface area contributed by atoms with Crippen molar-refractivity contribution in [3.8, 4) is 0 Å². The zero-order valence-electron chi connectivity index (χ0n) is 10.1. The van der Waals surface area contributed by atoms with Crippen LogP contribution in [0.2, 0.25) is 0 Å². The minimum Gasteiger partial charge on any atom is -0.316 e. The van der Waals surface area contributed by atoms with Gasteiger partial charge >= 0.3 is 0 Å². The molecule has 0 aromatic carbocycles. The molecule has 1 rings (SSSR count). The van der Waals surface area contributed by atoms with Gasteiger partial charge in [-0.15, -0.1) is 0 Å². The quantitative estimate of drug-likeness (QED) is 0.724. The third-order valence-corrected chi connectivity index (χ3v) is 2.90. The van der Waals surface area contributed by atoms with Crippen molar-refractivity contribution < 1.29 is 0 Å². The minimum atomic E-state index is 0.415. The summed E-state index contributed by atoms with van der Waals surface area (Å²) in [7, 11) is 0. The molecule has 84 valence electrons. The van der Waals surface area contributed by atoms with Crippen molar-refractivity contribution in [2.45, 2.75) is 33.6 Å². The van der Waals surface area contributed by atoms with E-state index in [1.54, 1.807) is 0 Å². The summed E-state index contributed by atoms with van der Waals surface area (Å²) in [6.07, 6.45) is 6.01. The van der Waals surface area contributed by atoms with Gasteiger partial charge < -0.3 is 5.32 Å². The molecule has 0 saturated carbocycles. The van der Waals surface area contributed by atoms with Gasteiger partial charge in [0.2, 0.25) is 0 Å². The molecule has 0 radical (unpaired) electrons. The highest BCUT2D eigenvalue weighted by Crippen LogP contribution is 2.17. The minimum absolute atomic E-state index is 0.415. The summed E-state index contributed by atoms with van der Waals surface area (Å²) in [6.45, 7) is 8.98. The molecule has 0 saturated heterocycles. The zero-order chi connectivity index (χ0) is 11.1. The molecule has 0 atom stereocenters. The average Bonchev–Trinajstić information content (AvgIpc) is 2.26. The number of aromatic nitrogens is 1. The van der Waals surface area contributed by atoms with Crippen molar-refractivity contribution >= 4 is 0 Å². The molecule has 1 aromatic heterocycles. The molecule has 0 spiro atoms. The van der Waals surface area contributed by atoms with Crippen LogP contribution in [0.3, 0.4) is 0 Å². The Bertz CT molecular complexity index is 267. The van der Waals surface area contributed by atoms with E-state index >= 15 is 0 Å². The topological polar surface area (TPSA) is 24.9 Å². The largest absolute Gasteiger partial charge is 0.316 e. The molecule has 0 bridgehead atoms. The Balaban J connectivity index is 2.18. The van der Waals surface area contributed by atoms with E-state index in [1.807, 2.05) is 12.4 Å². The first-order valence-corrected chi connectivity index (χ1v) is 5.74. The van der Waals surface area contributed by atoms with Crippen LogP contribution in [0.15, 0.2) is 24.5 Å². The molecule has 1 aromatic rings. The van der Waals surface area contributed by atoms with E-state index in [4.69, 9.17) is 0 Å². The predicted octanol–water partition coefficient (Wildman–Crippen LogP) is 2.65. The number of rotatable bonds is 6. The first-order valence-electron chi connectivity index (χ1n) is 5.74. The third kappa shape index (κ3) is 4.93. The lowest BCUT2D eigenvalue weighted by Gasteiger charge is -2.22. The summed E-state index contributed by atoms with van der Waals surface area (Å²) in [5, 5.41) is 3.50. The Morgan fingerprint density at radius 1 is 1.27 bits per heavy atom. The third-order valence-electron chi connectivity index (χ3n) is 2.90. The summed E-state index contributed by atoms with van der Waals surface area (Å²) in [5.41, 5.74) is 1.77. The van der Waals surface area contributed by atoms with E-state index in [2.05, 4.69) is 43.2 Å². The van der Waals surface area contributed by atoms with Crippen LogP contribution in [-0.2, 0) is 6.42 Å². The molecule has 2 nitrogen and oxygen atoms in total. The normalized spacial score (nSPS) is 11.7. The fourth-order valence-electron chi connectivity index (χ4n) is 1.33. The van der Waals surface area contributed by atoms with Gasteiger partial charge in [-0.05, 0) is 42.5 Å². The van der Waals surface area contributed by atoms with Crippen molar-refractivity contribution in [2.75, 3.05) is 13.1 Å². The number of pyridine rings is 1. The number of hydrogen-bond acceptors (Lipinski definition) is 2. The van der Waals surface area contributed by atoms with Crippen LogP contribution in [0, 0.1) is 5.41 Å². The molecular formula is C13H22N2. The van der Waals surface area contributed by atoms with E-state index in [0.717, 1.165) is 19.5 Å². The van der Waals surface area contributed by atoms with E-state index in [9.17, 15) is 0 Å². The Kier molecular flexibility index (Phi) is 4.76. The average molecular weight is 206 g/mol. The smallest absolute Gasteiger partial charge is 0.0270 e. The van der Waals surface area contributed by atoms with Crippen molar-refractivity contribution in [1.29, 1.82) is 0 Å². The maximum atomic E-state index is 4.01. The SMILES string of the molecule is CCC(C)(C)CNCCc1ccncc1. The van der Waals surface area contributed by atoms with Crippen molar-refractivity contribution in [3.05, 3.63) is 30.1 Å². The molecule has 0 fully saturated rings. The van der Waals surface area contributed by atoms with E-state index in [1.165, 1.54) is 12.0 Å². The first kappa shape index (κ1) is 12.2. The molecule has 15 heavy (non-hydrogen) atoms. The number of nitrogens with zero attached hydrogens (tertiary/aromatic N) is 1. The lowest BCUT2D eigenvalue weighted by atomic mass is 9.90. The van der Waals surface area contributed by atoms with Gasteiger partial charge in [-0.3, -0.25) is 4.98 Å². The maximum Gasteiger partial charge on any atom is 0.0270 e. The summed E-state index contributed by atoms with van der Waals surface area (Å²) >= 11 is 0. The van der Waals surface area contributed by atoms with E-state index in [0.29, 0.717) is 5.41 Å². The Morgan fingerprint density at radius 2 is 1.93 bits per heavy atom. The second-order valence-electron chi connectivity index (χ2n) is 4.80. The van der Waals surface area contributed by atoms with Crippen molar-refractivity contribution in [1.82, 2.24) is 10.3 Å². The van der Waals surface area contributed by atoms with Gasteiger partial charge in [0, 0.05) is 18.9 Å². The number of hydrogen-bond donors (Lipinski definition) is 1. The van der Waals surface area contributed by atoms with Crippen molar-refractivity contribution in [2.24, 2.45) is 5.41 Å². The highest BCUT2D eigenvalue weighted by molar-refractivity contribution is 5.09. The Morgan fingerprint density at radius 3 is 2.53 bits per heavy atom. The van der Waals surface area contributed by atoms with Crippen LogP contribution in [0.25, 0.3) is 0 Å². The van der Waals surface area contributed by atoms with Gasteiger partial charge in [0.05, 0.1) is 0 Å². The van der Waals surface area contributed by atoms with Crippen LogP contribution < -0.4 is 5.32 Å². The second kappa shape index (κ2) is 5.86. The van der Waals surface area contributed by atoms with Crippen molar-refractivity contribution in [3.63, 3.8) is 0 Å². The molecule has 0 aliphatic carbocycles. The van der Waals surface area contributed by atoms with Crippen LogP contribution >= 0.6 is 0 Å². The summed E-state index contributed by atoms with van der Waals surface area (Å²) in [6, 6.07) is 4.15. The zero-order valence-corrected chi connectivity index (χ0v) is 10.1. The first-order chi connectivity index (χ1) is 7.14. The van der Waals surface area contributed by atoms with Crippen LogP contribution in [-0.4, -0.2) is 18.1 Å². The fraction of sp³-hybridized carbons (Fsp3) is 0.615. The van der Waals surface area contributed by atoms with Gasteiger partial charge in [-0.2, -0.15) is 0 Å². The lowest BCUT2D eigenvalue weighted by Crippen LogP contribution is -2.30. The standard InChI is InChI=1S/C13H22N2/c1-4-13(2,3)11-15-10-7-12-5-8-14-9-6-12/h5-6,8-9,15H,4,7,10-11H2,1-3H3. The molecule has 0 aliphatic heterocycles. The van der Waals surface area contributed by atoms with Gasteiger partial charge in [-0.1, -0.05) is 20.8 Å². The highest BCUT2D eigenvalue weighted by Gasteiger charge is 2.13. The maximum absolute atomic E-state index is 4.01. The Labute approximate surface area is 93.1 Å². The van der Waals surface area contributed by atoms with Crippen LogP contribution in [0.5, 0.6) is 0 Å². The van der Waals surface area contributed by atoms with Gasteiger partial charge in [0.1, 0.15) is 0 Å². The van der Waals surface area contributed by atoms with Gasteiger partial charge in [-0.25, -0.2) is 0 Å². The van der Waals surface area contributed by atoms with Crippen LogP contribution in [0.4, 0.5) is 0 Å². The van der Waals surface area contributed by atoms with Gasteiger partial charge in [0.25, 0.3) is 0 Å². The summed E-state index contributed by atoms with van der Waals surface area (Å²) in [4.78, 5) is 4.01.